The molecule has 0 aromatic carbocycles. The van der Waals surface area contributed by atoms with Crippen LogP contribution in [0, 0.1) is 0 Å². The van der Waals surface area contributed by atoms with Crippen molar-refractivity contribution in [1.29, 1.82) is 0 Å². The number of dihydropyridines is 1. The Bertz CT molecular complexity index is 1010. The summed E-state index contributed by atoms with van der Waals surface area (Å²) in [6.45, 7) is 5.50. The molecule has 2 aromatic heterocycles. The molecule has 5 nitrogen and oxygen atoms in total. The van der Waals surface area contributed by atoms with Crippen molar-refractivity contribution in [3.05, 3.63) is 69.9 Å². The highest BCUT2D eigenvalue weighted by Crippen LogP contribution is 2.28. The summed E-state index contributed by atoms with van der Waals surface area (Å²) in [5.41, 5.74) is 1.24. The first-order valence-corrected chi connectivity index (χ1v) is 8.55. The number of halogens is 1. The monoisotopic (exact) mass is 367 g/mol. The molecule has 1 aliphatic heterocycles. The number of hydrogen-bond acceptors (Lipinski definition) is 4. The number of aryl methyl sites for hydroxylation is 1. The molecule has 132 valence electrons. The topological polar surface area (TPSA) is 67.2 Å². The van der Waals surface area contributed by atoms with Gasteiger partial charge in [-0.05, 0) is 31.1 Å². The molecule has 0 bridgehead atoms. The molecule has 0 amide bonds. The van der Waals surface area contributed by atoms with Crippen LogP contribution in [0.3, 0.4) is 0 Å². The fourth-order valence-electron chi connectivity index (χ4n) is 3.14. The SMILES string of the molecule is [B]C(O)(CC=C)C1C=C(C)C(c2cc3cnc(Cl)cc3n(C)c2=O)=CN1. The Kier molecular flexibility index (Phi) is 4.82. The molecule has 2 aromatic rings. The summed E-state index contributed by atoms with van der Waals surface area (Å²) in [4.78, 5) is 16.9. The Morgan fingerprint density at radius 1 is 1.54 bits per heavy atom. The van der Waals surface area contributed by atoms with Gasteiger partial charge < -0.3 is 15.0 Å². The van der Waals surface area contributed by atoms with Crippen molar-refractivity contribution in [3.63, 3.8) is 0 Å². The highest BCUT2D eigenvalue weighted by Gasteiger charge is 2.30. The lowest BCUT2D eigenvalue weighted by Gasteiger charge is -2.34. The molecule has 0 saturated carbocycles. The standard InChI is InChI=1S/C19H19BClN3O2/c1-4-5-19(20,26)16-6-11(2)14(10-22-16)13-7-12-9-23-17(21)8-15(12)24(3)18(13)25/h4,6-10,16,22,26H,1,5H2,2-3H3. The van der Waals surface area contributed by atoms with Gasteiger partial charge in [0.05, 0.1) is 17.1 Å². The van der Waals surface area contributed by atoms with Crippen LogP contribution in [0.5, 0.6) is 0 Å². The zero-order chi connectivity index (χ0) is 19.1. The normalized spacial score (nSPS) is 19.3. The third-order valence-corrected chi connectivity index (χ3v) is 4.83. The summed E-state index contributed by atoms with van der Waals surface area (Å²) in [6.07, 6.45) is 6.99. The molecule has 2 atom stereocenters. The van der Waals surface area contributed by atoms with Crippen molar-refractivity contribution in [1.82, 2.24) is 14.9 Å². The number of allylic oxidation sites excluding steroid dienone is 2. The zero-order valence-electron chi connectivity index (χ0n) is 14.7. The first-order valence-electron chi connectivity index (χ1n) is 8.17. The minimum Gasteiger partial charge on any atom is -0.397 e. The van der Waals surface area contributed by atoms with Gasteiger partial charge in [0, 0.05) is 36.0 Å². The Morgan fingerprint density at radius 2 is 2.27 bits per heavy atom. The van der Waals surface area contributed by atoms with Gasteiger partial charge in [0.25, 0.3) is 5.56 Å². The van der Waals surface area contributed by atoms with Gasteiger partial charge in [-0.3, -0.25) is 4.79 Å². The number of fused-ring (bicyclic) bond motifs is 1. The Labute approximate surface area is 158 Å². The van der Waals surface area contributed by atoms with Gasteiger partial charge >= 0.3 is 0 Å². The number of aliphatic hydroxyl groups is 1. The van der Waals surface area contributed by atoms with Crippen LogP contribution in [0.4, 0.5) is 0 Å². The number of hydrogen-bond donors (Lipinski definition) is 2. The molecule has 0 aliphatic carbocycles. The van der Waals surface area contributed by atoms with Crippen LogP contribution in [-0.4, -0.2) is 34.0 Å². The summed E-state index contributed by atoms with van der Waals surface area (Å²) in [6, 6.07) is 2.98. The number of nitrogens with zero attached hydrogens (tertiary/aromatic N) is 2. The highest BCUT2D eigenvalue weighted by molar-refractivity contribution is 6.30. The smallest absolute Gasteiger partial charge is 0.258 e. The molecule has 2 radical (unpaired) electrons. The lowest BCUT2D eigenvalue weighted by Crippen LogP contribution is -2.49. The predicted molar refractivity (Wildman–Crippen MR) is 106 cm³/mol. The van der Waals surface area contributed by atoms with E-state index in [1.807, 2.05) is 13.0 Å². The molecule has 7 heteroatoms. The summed E-state index contributed by atoms with van der Waals surface area (Å²) >= 11 is 5.94. The number of rotatable bonds is 4. The molecule has 3 rings (SSSR count). The van der Waals surface area contributed by atoms with Crippen LogP contribution in [-0.2, 0) is 7.05 Å². The van der Waals surface area contributed by atoms with E-state index in [2.05, 4.69) is 16.9 Å². The minimum atomic E-state index is -1.46. The Balaban J connectivity index is 2.06. The molecule has 26 heavy (non-hydrogen) atoms. The van der Waals surface area contributed by atoms with Crippen LogP contribution in [0.2, 0.25) is 5.15 Å². The van der Waals surface area contributed by atoms with Gasteiger partial charge in [-0.15, -0.1) is 6.58 Å². The molecule has 2 N–H and O–H groups in total. The second kappa shape index (κ2) is 6.78. The average Bonchev–Trinajstić information content (AvgIpc) is 2.59. The number of pyridine rings is 2. The molecule has 2 unspecified atom stereocenters. The van der Waals surface area contributed by atoms with Gasteiger partial charge in [0.1, 0.15) is 13.0 Å². The van der Waals surface area contributed by atoms with E-state index in [1.165, 1.54) is 0 Å². The molecule has 0 fully saturated rings. The molecular weight excluding hydrogens is 348 g/mol. The number of nitrogens with one attached hydrogen (secondary N) is 1. The van der Waals surface area contributed by atoms with Crippen LogP contribution in [0.1, 0.15) is 18.9 Å². The van der Waals surface area contributed by atoms with E-state index in [4.69, 9.17) is 19.4 Å². The van der Waals surface area contributed by atoms with Crippen LogP contribution >= 0.6 is 11.6 Å². The maximum Gasteiger partial charge on any atom is 0.258 e. The quantitative estimate of drug-likeness (QED) is 0.494. The molecule has 0 spiro atoms. The fraction of sp³-hybridized carbons (Fsp3) is 0.263. The first kappa shape index (κ1) is 18.5. The van der Waals surface area contributed by atoms with E-state index >= 15 is 0 Å². The van der Waals surface area contributed by atoms with Gasteiger partial charge in [0.15, 0.2) is 0 Å². The van der Waals surface area contributed by atoms with E-state index < -0.39 is 11.5 Å². The molecular formula is C19H19BClN3O2. The first-order chi connectivity index (χ1) is 12.2. The van der Waals surface area contributed by atoms with Gasteiger partial charge in [-0.25, -0.2) is 4.98 Å². The fourth-order valence-corrected chi connectivity index (χ4v) is 3.30. The second-order valence-corrected chi connectivity index (χ2v) is 6.91. The largest absolute Gasteiger partial charge is 0.397 e. The van der Waals surface area contributed by atoms with E-state index in [0.717, 1.165) is 16.5 Å². The predicted octanol–water partition coefficient (Wildman–Crippen LogP) is 2.28. The van der Waals surface area contributed by atoms with Gasteiger partial charge in [0.2, 0.25) is 0 Å². The van der Waals surface area contributed by atoms with Crippen molar-refractivity contribution in [2.45, 2.75) is 24.9 Å². The van der Waals surface area contributed by atoms with Crippen molar-refractivity contribution >= 4 is 35.9 Å². The maximum absolute atomic E-state index is 12.8. The average molecular weight is 368 g/mol. The van der Waals surface area contributed by atoms with Gasteiger partial charge in [-0.1, -0.05) is 23.8 Å². The van der Waals surface area contributed by atoms with Crippen molar-refractivity contribution in [2.75, 3.05) is 0 Å². The van der Waals surface area contributed by atoms with E-state index in [1.54, 1.807) is 42.2 Å². The highest BCUT2D eigenvalue weighted by atomic mass is 35.5. The molecule has 3 heterocycles. The van der Waals surface area contributed by atoms with Crippen LogP contribution < -0.4 is 10.9 Å². The third-order valence-electron chi connectivity index (χ3n) is 4.62. The number of aromatic nitrogens is 2. The molecule has 1 aliphatic rings. The third kappa shape index (κ3) is 3.22. The van der Waals surface area contributed by atoms with E-state index in [9.17, 15) is 9.90 Å². The second-order valence-electron chi connectivity index (χ2n) is 6.52. The van der Waals surface area contributed by atoms with Gasteiger partial charge in [-0.2, -0.15) is 0 Å². The van der Waals surface area contributed by atoms with E-state index in [-0.39, 0.29) is 12.0 Å². The van der Waals surface area contributed by atoms with Crippen molar-refractivity contribution in [2.24, 2.45) is 7.05 Å². The maximum atomic E-state index is 12.8. The summed E-state index contributed by atoms with van der Waals surface area (Å²) in [7, 11) is 7.65. The summed E-state index contributed by atoms with van der Waals surface area (Å²) < 4.78 is 1.55. The lowest BCUT2D eigenvalue weighted by molar-refractivity contribution is 0.108. The summed E-state index contributed by atoms with van der Waals surface area (Å²) in [5.74, 6) is 0. The lowest BCUT2D eigenvalue weighted by atomic mass is 9.71. The minimum absolute atomic E-state index is 0.145. The van der Waals surface area contributed by atoms with Crippen LogP contribution in [0.15, 0.2) is 53.6 Å². The summed E-state index contributed by atoms with van der Waals surface area (Å²) in [5, 5.41) is 14.6. The van der Waals surface area contributed by atoms with Crippen molar-refractivity contribution < 1.29 is 5.11 Å². The Morgan fingerprint density at radius 3 is 2.92 bits per heavy atom. The Hall–Kier alpha value is -2.31. The van der Waals surface area contributed by atoms with Crippen molar-refractivity contribution in [3.8, 4) is 0 Å². The zero-order valence-corrected chi connectivity index (χ0v) is 15.4. The van der Waals surface area contributed by atoms with Crippen LogP contribution in [0.25, 0.3) is 16.5 Å². The molecule has 0 saturated heterocycles. The van der Waals surface area contributed by atoms with E-state index in [0.29, 0.717) is 16.2 Å².